The fourth-order valence-electron chi connectivity index (χ4n) is 1.27. The van der Waals surface area contributed by atoms with Gasteiger partial charge in [-0.25, -0.2) is 0 Å². The molecule has 0 fully saturated rings. The Labute approximate surface area is 71.1 Å². The molecule has 0 radical (unpaired) electrons. The van der Waals surface area contributed by atoms with Crippen molar-refractivity contribution in [2.24, 2.45) is 5.92 Å². The first kappa shape index (κ1) is 10.7. The summed E-state index contributed by atoms with van der Waals surface area (Å²) in [5, 5.41) is 0. The zero-order valence-corrected chi connectivity index (χ0v) is 8.14. The topological polar surface area (TPSA) is 3.24 Å². The van der Waals surface area contributed by atoms with Crippen molar-refractivity contribution in [2.75, 3.05) is 19.6 Å². The molecule has 1 heteroatoms. The van der Waals surface area contributed by atoms with Gasteiger partial charge in [-0.2, -0.15) is 0 Å². The third-order valence-corrected chi connectivity index (χ3v) is 1.55. The first-order valence-electron chi connectivity index (χ1n) is 4.54. The van der Waals surface area contributed by atoms with E-state index in [0.717, 1.165) is 12.5 Å². The zero-order chi connectivity index (χ0) is 8.69. The molecule has 0 saturated carbocycles. The van der Waals surface area contributed by atoms with E-state index in [1.807, 2.05) is 6.08 Å². The van der Waals surface area contributed by atoms with Gasteiger partial charge in [0.05, 0.1) is 0 Å². The molecule has 0 amide bonds. The maximum atomic E-state index is 3.75. The molecule has 0 rings (SSSR count). The van der Waals surface area contributed by atoms with Crippen LogP contribution in [0.5, 0.6) is 0 Å². The van der Waals surface area contributed by atoms with Crippen LogP contribution in [0.2, 0.25) is 0 Å². The molecule has 0 saturated heterocycles. The fraction of sp³-hybridized carbons (Fsp3) is 0.800. The van der Waals surface area contributed by atoms with Crippen LogP contribution in [0.4, 0.5) is 0 Å². The van der Waals surface area contributed by atoms with E-state index >= 15 is 0 Å². The van der Waals surface area contributed by atoms with Gasteiger partial charge in [-0.05, 0) is 18.9 Å². The summed E-state index contributed by atoms with van der Waals surface area (Å²) in [5.41, 5.74) is 0. The SMILES string of the molecule is C=CCN(CCC)CC(C)C. The predicted molar refractivity (Wildman–Crippen MR) is 51.8 cm³/mol. The van der Waals surface area contributed by atoms with Crippen molar-refractivity contribution in [3.05, 3.63) is 12.7 Å². The quantitative estimate of drug-likeness (QED) is 0.533. The van der Waals surface area contributed by atoms with Crippen LogP contribution in [-0.4, -0.2) is 24.5 Å². The van der Waals surface area contributed by atoms with Gasteiger partial charge in [0.2, 0.25) is 0 Å². The van der Waals surface area contributed by atoms with Crippen molar-refractivity contribution in [3.8, 4) is 0 Å². The second-order valence-corrected chi connectivity index (χ2v) is 3.44. The molecule has 66 valence electrons. The van der Waals surface area contributed by atoms with Gasteiger partial charge in [0, 0.05) is 13.1 Å². The molecular formula is C10H21N. The summed E-state index contributed by atoms with van der Waals surface area (Å²) in [7, 11) is 0. The molecular weight excluding hydrogens is 134 g/mol. The van der Waals surface area contributed by atoms with Crippen molar-refractivity contribution in [1.29, 1.82) is 0 Å². The lowest BCUT2D eigenvalue weighted by atomic mass is 10.2. The number of hydrogen-bond acceptors (Lipinski definition) is 1. The van der Waals surface area contributed by atoms with Crippen molar-refractivity contribution in [2.45, 2.75) is 27.2 Å². The number of hydrogen-bond donors (Lipinski definition) is 0. The Morgan fingerprint density at radius 2 is 2.09 bits per heavy atom. The molecule has 0 aliphatic heterocycles. The van der Waals surface area contributed by atoms with Gasteiger partial charge in [-0.3, -0.25) is 4.90 Å². The van der Waals surface area contributed by atoms with Crippen LogP contribution in [0.3, 0.4) is 0 Å². The average molecular weight is 155 g/mol. The highest BCUT2D eigenvalue weighted by atomic mass is 15.1. The largest absolute Gasteiger partial charge is 0.299 e. The highest BCUT2D eigenvalue weighted by molar-refractivity contribution is 4.73. The predicted octanol–water partition coefficient (Wildman–Crippen LogP) is 2.54. The van der Waals surface area contributed by atoms with Crippen LogP contribution >= 0.6 is 0 Å². The lowest BCUT2D eigenvalue weighted by Gasteiger charge is -2.21. The molecule has 0 unspecified atom stereocenters. The molecule has 1 nitrogen and oxygen atoms in total. The van der Waals surface area contributed by atoms with Gasteiger partial charge >= 0.3 is 0 Å². The molecule has 0 aromatic rings. The minimum Gasteiger partial charge on any atom is -0.299 e. The van der Waals surface area contributed by atoms with Crippen LogP contribution in [0, 0.1) is 5.92 Å². The second kappa shape index (κ2) is 6.41. The Balaban J connectivity index is 3.58. The lowest BCUT2D eigenvalue weighted by molar-refractivity contribution is 0.269. The summed E-state index contributed by atoms with van der Waals surface area (Å²) >= 11 is 0. The van der Waals surface area contributed by atoms with Crippen molar-refractivity contribution < 1.29 is 0 Å². The van der Waals surface area contributed by atoms with Gasteiger partial charge < -0.3 is 0 Å². The van der Waals surface area contributed by atoms with Gasteiger partial charge in [0.25, 0.3) is 0 Å². The maximum absolute atomic E-state index is 3.75. The van der Waals surface area contributed by atoms with E-state index in [4.69, 9.17) is 0 Å². The summed E-state index contributed by atoms with van der Waals surface area (Å²) in [6.07, 6.45) is 3.22. The van der Waals surface area contributed by atoms with Crippen LogP contribution in [0.15, 0.2) is 12.7 Å². The average Bonchev–Trinajstić information content (AvgIpc) is 1.87. The molecule has 0 bridgehead atoms. The lowest BCUT2D eigenvalue weighted by Crippen LogP contribution is -2.28. The Hall–Kier alpha value is -0.300. The summed E-state index contributed by atoms with van der Waals surface area (Å²) in [6, 6.07) is 0. The molecule has 0 aromatic heterocycles. The Morgan fingerprint density at radius 1 is 1.45 bits per heavy atom. The molecule has 0 heterocycles. The van der Waals surface area contributed by atoms with Gasteiger partial charge in [0.1, 0.15) is 0 Å². The van der Waals surface area contributed by atoms with Crippen molar-refractivity contribution in [1.82, 2.24) is 4.90 Å². The monoisotopic (exact) mass is 155 g/mol. The third-order valence-electron chi connectivity index (χ3n) is 1.55. The van der Waals surface area contributed by atoms with E-state index in [9.17, 15) is 0 Å². The summed E-state index contributed by atoms with van der Waals surface area (Å²) < 4.78 is 0. The molecule has 0 N–H and O–H groups in total. The van der Waals surface area contributed by atoms with Gasteiger partial charge in [-0.15, -0.1) is 6.58 Å². The van der Waals surface area contributed by atoms with Gasteiger partial charge in [0.15, 0.2) is 0 Å². The Morgan fingerprint density at radius 3 is 2.45 bits per heavy atom. The smallest absolute Gasteiger partial charge is 0.0160 e. The fourth-order valence-corrected chi connectivity index (χ4v) is 1.27. The van der Waals surface area contributed by atoms with E-state index in [-0.39, 0.29) is 0 Å². The first-order chi connectivity index (χ1) is 5.20. The summed E-state index contributed by atoms with van der Waals surface area (Å²) in [5.74, 6) is 0.765. The maximum Gasteiger partial charge on any atom is 0.0160 e. The van der Waals surface area contributed by atoms with Crippen LogP contribution < -0.4 is 0 Å². The van der Waals surface area contributed by atoms with E-state index in [0.29, 0.717) is 0 Å². The molecule has 0 aromatic carbocycles. The van der Waals surface area contributed by atoms with Crippen molar-refractivity contribution >= 4 is 0 Å². The Kier molecular flexibility index (Phi) is 6.24. The second-order valence-electron chi connectivity index (χ2n) is 3.44. The molecule has 0 aliphatic rings. The zero-order valence-electron chi connectivity index (χ0n) is 8.14. The van der Waals surface area contributed by atoms with E-state index in [2.05, 4.69) is 32.3 Å². The van der Waals surface area contributed by atoms with Crippen LogP contribution in [0.1, 0.15) is 27.2 Å². The third kappa shape index (κ3) is 6.11. The number of nitrogens with zero attached hydrogens (tertiary/aromatic N) is 1. The molecule has 0 spiro atoms. The van der Waals surface area contributed by atoms with Crippen LogP contribution in [-0.2, 0) is 0 Å². The van der Waals surface area contributed by atoms with Gasteiger partial charge in [-0.1, -0.05) is 26.8 Å². The normalized spacial score (nSPS) is 11.0. The minimum absolute atomic E-state index is 0.765. The standard InChI is InChI=1S/C10H21N/c1-5-7-11(8-6-2)9-10(3)4/h5,10H,1,6-9H2,2-4H3. The van der Waals surface area contributed by atoms with Crippen LogP contribution in [0.25, 0.3) is 0 Å². The van der Waals surface area contributed by atoms with E-state index in [1.165, 1.54) is 19.5 Å². The molecule has 11 heavy (non-hydrogen) atoms. The summed E-state index contributed by atoms with van der Waals surface area (Å²) in [6.45, 7) is 13.9. The molecule has 0 atom stereocenters. The minimum atomic E-state index is 0.765. The van der Waals surface area contributed by atoms with Crippen molar-refractivity contribution in [3.63, 3.8) is 0 Å². The number of rotatable bonds is 6. The van der Waals surface area contributed by atoms with E-state index in [1.54, 1.807) is 0 Å². The first-order valence-corrected chi connectivity index (χ1v) is 4.54. The highest BCUT2D eigenvalue weighted by Crippen LogP contribution is 1.99. The highest BCUT2D eigenvalue weighted by Gasteiger charge is 2.02. The van der Waals surface area contributed by atoms with E-state index < -0.39 is 0 Å². The molecule has 0 aliphatic carbocycles. The Bertz CT molecular complexity index is 97.0. The summed E-state index contributed by atoms with van der Waals surface area (Å²) in [4.78, 5) is 2.44.